The van der Waals surface area contributed by atoms with Crippen LogP contribution < -0.4 is 18.9 Å². The summed E-state index contributed by atoms with van der Waals surface area (Å²) in [6.07, 6.45) is 0. The summed E-state index contributed by atoms with van der Waals surface area (Å²) in [6, 6.07) is 5.31. The van der Waals surface area contributed by atoms with Gasteiger partial charge in [-0.2, -0.15) is 4.02 Å². The molecule has 0 spiro atoms. The third kappa shape index (κ3) is 5.45. The standard InChI is InChI=1S/C27H34BrFN2O5/c1-8-34-20-12-16(11-18(24(20)33-7)27(4,5)6)19(32)15-31-14-17-13-21(35-9-2)25(36-10-3)23(29)22(17)26(31)30-28/h11-13H,8-10,14-15H2,1-7H3. The maximum absolute atomic E-state index is 15.6. The number of hydrogen-bond acceptors (Lipinski definition) is 6. The van der Waals surface area contributed by atoms with Crippen molar-refractivity contribution in [2.45, 2.75) is 53.5 Å². The fraction of sp³-hybridized carbons (Fsp3) is 0.481. The Balaban J connectivity index is 1.99. The molecule has 36 heavy (non-hydrogen) atoms. The van der Waals surface area contributed by atoms with Crippen LogP contribution in [0.4, 0.5) is 4.39 Å². The highest BCUT2D eigenvalue weighted by molar-refractivity contribution is 9.08. The smallest absolute Gasteiger partial charge is 0.197 e. The van der Waals surface area contributed by atoms with Gasteiger partial charge in [-0.15, -0.1) is 0 Å². The van der Waals surface area contributed by atoms with Gasteiger partial charge in [0, 0.05) is 17.7 Å². The lowest BCUT2D eigenvalue weighted by Crippen LogP contribution is -2.31. The third-order valence-electron chi connectivity index (χ3n) is 5.85. The zero-order valence-corrected chi connectivity index (χ0v) is 23.5. The lowest BCUT2D eigenvalue weighted by Gasteiger charge is -2.25. The van der Waals surface area contributed by atoms with Gasteiger partial charge in [0.1, 0.15) is 5.84 Å². The van der Waals surface area contributed by atoms with Gasteiger partial charge in [0.2, 0.25) is 0 Å². The summed E-state index contributed by atoms with van der Waals surface area (Å²) in [4.78, 5) is 15.3. The number of benzene rings is 2. The molecule has 0 unspecified atom stereocenters. The van der Waals surface area contributed by atoms with Crippen molar-refractivity contribution in [3.05, 3.63) is 46.3 Å². The molecule has 0 aliphatic carbocycles. The highest BCUT2D eigenvalue weighted by Crippen LogP contribution is 2.41. The topological polar surface area (TPSA) is 69.6 Å². The second kappa shape index (κ2) is 11.5. The predicted octanol–water partition coefficient (Wildman–Crippen LogP) is 6.08. The van der Waals surface area contributed by atoms with Crippen molar-refractivity contribution in [1.82, 2.24) is 4.90 Å². The van der Waals surface area contributed by atoms with E-state index >= 15 is 4.39 Å². The summed E-state index contributed by atoms with van der Waals surface area (Å²) < 4.78 is 42.3. The average Bonchev–Trinajstić information content (AvgIpc) is 3.17. The summed E-state index contributed by atoms with van der Waals surface area (Å²) in [5.41, 5.74) is 2.04. The van der Waals surface area contributed by atoms with Crippen molar-refractivity contribution in [2.24, 2.45) is 4.02 Å². The van der Waals surface area contributed by atoms with Crippen LogP contribution in [0.15, 0.2) is 22.2 Å². The van der Waals surface area contributed by atoms with E-state index < -0.39 is 5.82 Å². The van der Waals surface area contributed by atoms with Gasteiger partial charge < -0.3 is 23.8 Å². The molecule has 1 heterocycles. The molecule has 0 atom stereocenters. The van der Waals surface area contributed by atoms with E-state index in [-0.39, 0.29) is 30.1 Å². The van der Waals surface area contributed by atoms with E-state index in [9.17, 15) is 4.79 Å². The highest BCUT2D eigenvalue weighted by atomic mass is 79.9. The maximum Gasteiger partial charge on any atom is 0.197 e. The Morgan fingerprint density at radius 3 is 2.17 bits per heavy atom. The summed E-state index contributed by atoms with van der Waals surface area (Å²) in [5, 5.41) is 0. The van der Waals surface area contributed by atoms with Gasteiger partial charge in [-0.05, 0) is 49.9 Å². The number of ketones is 1. The molecule has 0 saturated carbocycles. The Hall–Kier alpha value is -2.81. The number of ether oxygens (including phenoxy) is 4. The minimum absolute atomic E-state index is 0.00599. The molecule has 0 saturated heterocycles. The second-order valence-corrected chi connectivity index (χ2v) is 9.70. The van der Waals surface area contributed by atoms with Crippen LogP contribution in [0.5, 0.6) is 23.0 Å². The van der Waals surface area contributed by atoms with Crippen molar-refractivity contribution in [3.8, 4) is 23.0 Å². The Kier molecular flexibility index (Phi) is 8.87. The molecule has 3 rings (SSSR count). The lowest BCUT2D eigenvalue weighted by molar-refractivity contribution is 0.0962. The SMILES string of the molecule is CCOc1cc(C(=O)CN2Cc3cc(OCC)c(OCC)c(F)c3C2=NBr)cc(C(C)(C)C)c1OC. The first-order chi connectivity index (χ1) is 17.1. The molecule has 0 N–H and O–H groups in total. The number of carbonyl (C=O) groups is 1. The van der Waals surface area contributed by atoms with E-state index in [0.29, 0.717) is 59.5 Å². The van der Waals surface area contributed by atoms with E-state index in [1.807, 2.05) is 19.9 Å². The number of rotatable bonds is 10. The van der Waals surface area contributed by atoms with E-state index in [1.54, 1.807) is 31.1 Å². The fourth-order valence-corrected chi connectivity index (χ4v) is 4.69. The molecule has 9 heteroatoms. The number of Topliss-reactive ketones (excluding diaryl/α,β-unsaturated/α-hetero) is 1. The van der Waals surface area contributed by atoms with Crippen LogP contribution in [-0.4, -0.2) is 50.0 Å². The Bertz CT molecular complexity index is 1160. The number of hydrogen-bond donors (Lipinski definition) is 0. The van der Waals surface area contributed by atoms with Crippen molar-refractivity contribution >= 4 is 27.8 Å². The van der Waals surface area contributed by atoms with Crippen LogP contribution in [-0.2, 0) is 12.0 Å². The predicted molar refractivity (Wildman–Crippen MR) is 142 cm³/mol. The first-order valence-corrected chi connectivity index (χ1v) is 12.8. The minimum atomic E-state index is -0.552. The van der Waals surface area contributed by atoms with Gasteiger partial charge in [-0.1, -0.05) is 20.8 Å². The minimum Gasteiger partial charge on any atom is -0.493 e. The van der Waals surface area contributed by atoms with Crippen molar-refractivity contribution in [2.75, 3.05) is 33.5 Å². The summed E-state index contributed by atoms with van der Waals surface area (Å²) in [6.45, 7) is 13.0. The molecule has 1 aliphatic rings. The van der Waals surface area contributed by atoms with E-state index in [2.05, 4.69) is 40.9 Å². The molecule has 1 aliphatic heterocycles. The van der Waals surface area contributed by atoms with Gasteiger partial charge in [0.15, 0.2) is 34.6 Å². The molecule has 0 aromatic heterocycles. The van der Waals surface area contributed by atoms with Crippen LogP contribution in [0.1, 0.15) is 68.6 Å². The van der Waals surface area contributed by atoms with Gasteiger partial charge in [0.05, 0.1) is 55.2 Å². The molecule has 0 amide bonds. The number of amidine groups is 1. The average molecular weight is 565 g/mol. The summed E-state index contributed by atoms with van der Waals surface area (Å²) in [5.74, 6) is 1.14. The van der Waals surface area contributed by atoms with Crippen LogP contribution >= 0.6 is 16.1 Å². The van der Waals surface area contributed by atoms with Crippen molar-refractivity contribution in [1.29, 1.82) is 0 Å². The summed E-state index contributed by atoms with van der Waals surface area (Å²) in [7, 11) is 1.59. The van der Waals surface area contributed by atoms with Crippen LogP contribution in [0.3, 0.4) is 0 Å². The first-order valence-electron chi connectivity index (χ1n) is 12.0. The fourth-order valence-electron chi connectivity index (χ4n) is 4.29. The lowest BCUT2D eigenvalue weighted by atomic mass is 9.84. The molecule has 7 nitrogen and oxygen atoms in total. The zero-order valence-electron chi connectivity index (χ0n) is 22.0. The van der Waals surface area contributed by atoms with Gasteiger partial charge in [0.25, 0.3) is 0 Å². The van der Waals surface area contributed by atoms with E-state index in [1.165, 1.54) is 0 Å². The van der Waals surface area contributed by atoms with Gasteiger partial charge in [-0.25, -0.2) is 4.39 Å². The third-order valence-corrected chi connectivity index (χ3v) is 6.18. The first kappa shape index (κ1) is 27.8. The van der Waals surface area contributed by atoms with Crippen LogP contribution in [0.25, 0.3) is 0 Å². The van der Waals surface area contributed by atoms with Crippen molar-refractivity contribution < 1.29 is 28.1 Å². The van der Waals surface area contributed by atoms with E-state index in [0.717, 1.165) is 5.56 Å². The van der Waals surface area contributed by atoms with Gasteiger partial charge in [-0.3, -0.25) is 4.79 Å². The number of methoxy groups -OCH3 is 1. The largest absolute Gasteiger partial charge is 0.493 e. The molecule has 2 aromatic rings. The highest BCUT2D eigenvalue weighted by Gasteiger charge is 2.34. The maximum atomic E-state index is 15.6. The Labute approximate surface area is 220 Å². The van der Waals surface area contributed by atoms with Crippen molar-refractivity contribution in [3.63, 3.8) is 0 Å². The normalized spacial score (nSPS) is 14.1. The quantitative estimate of drug-likeness (QED) is 0.325. The molecule has 196 valence electrons. The number of fused-ring (bicyclic) bond motifs is 1. The number of carbonyl (C=O) groups excluding carboxylic acids is 1. The van der Waals surface area contributed by atoms with E-state index in [4.69, 9.17) is 18.9 Å². The van der Waals surface area contributed by atoms with Gasteiger partial charge >= 0.3 is 0 Å². The summed E-state index contributed by atoms with van der Waals surface area (Å²) >= 11 is 3.13. The molecule has 0 bridgehead atoms. The molecular formula is C27H34BrFN2O5. The molecule has 2 aromatic carbocycles. The molecule has 0 radical (unpaired) electrons. The second-order valence-electron chi connectivity index (χ2n) is 9.34. The number of halogens is 2. The monoisotopic (exact) mass is 564 g/mol. The molecular weight excluding hydrogens is 531 g/mol. The van der Waals surface area contributed by atoms with Crippen LogP contribution in [0.2, 0.25) is 0 Å². The molecule has 0 fully saturated rings. The Morgan fingerprint density at radius 1 is 1.03 bits per heavy atom. The Morgan fingerprint density at radius 2 is 1.64 bits per heavy atom. The van der Waals surface area contributed by atoms with Crippen LogP contribution in [0, 0.1) is 5.82 Å². The number of nitrogens with zero attached hydrogens (tertiary/aromatic N) is 2. The zero-order chi connectivity index (χ0) is 26.6.